The van der Waals surface area contributed by atoms with Gasteiger partial charge in [0, 0.05) is 34.5 Å². The van der Waals surface area contributed by atoms with Crippen molar-refractivity contribution in [1.82, 2.24) is 18.7 Å². The van der Waals surface area contributed by atoms with Crippen LogP contribution in [0.3, 0.4) is 0 Å². The molecule has 0 unspecified atom stereocenters. The SMILES string of the molecule is Cc1ccc(C)n1-c1ccc(C(=O)Nc2cccc(Cn3nc4ccccn4c3=O)c2)cc1. The molecule has 7 heteroatoms. The van der Waals surface area contributed by atoms with Crippen molar-refractivity contribution in [1.29, 1.82) is 0 Å². The highest BCUT2D eigenvalue weighted by Gasteiger charge is 2.10. The molecule has 2 aromatic carbocycles. The molecular weight excluding hydrogens is 414 g/mol. The molecule has 0 aliphatic rings. The Bertz CT molecular complexity index is 1500. The minimum atomic E-state index is -0.201. The number of aryl methyl sites for hydroxylation is 2. The lowest BCUT2D eigenvalue weighted by Crippen LogP contribution is -2.21. The molecule has 1 N–H and O–H groups in total. The van der Waals surface area contributed by atoms with E-state index in [0.29, 0.717) is 23.4 Å². The van der Waals surface area contributed by atoms with Gasteiger partial charge in [-0.05, 0) is 80.1 Å². The number of pyridine rings is 1. The first-order valence-electron chi connectivity index (χ1n) is 10.7. The minimum absolute atomic E-state index is 0.190. The molecule has 3 heterocycles. The first kappa shape index (κ1) is 20.5. The lowest BCUT2D eigenvalue weighted by atomic mass is 10.1. The fourth-order valence-corrected chi connectivity index (χ4v) is 4.03. The second kappa shape index (κ2) is 8.27. The average Bonchev–Trinajstić information content (AvgIpc) is 3.32. The molecule has 5 rings (SSSR count). The molecule has 33 heavy (non-hydrogen) atoms. The van der Waals surface area contributed by atoms with Crippen molar-refractivity contribution in [3.63, 3.8) is 0 Å². The van der Waals surface area contributed by atoms with E-state index in [2.05, 4.69) is 41.0 Å². The van der Waals surface area contributed by atoms with Crippen molar-refractivity contribution < 1.29 is 4.79 Å². The van der Waals surface area contributed by atoms with Crippen molar-refractivity contribution >= 4 is 17.2 Å². The van der Waals surface area contributed by atoms with Crippen molar-refractivity contribution in [2.24, 2.45) is 0 Å². The van der Waals surface area contributed by atoms with Crippen LogP contribution in [0.5, 0.6) is 0 Å². The molecule has 0 fully saturated rings. The van der Waals surface area contributed by atoms with Gasteiger partial charge in [-0.3, -0.25) is 9.20 Å². The molecule has 0 saturated heterocycles. The van der Waals surface area contributed by atoms with Crippen LogP contribution in [0.15, 0.2) is 89.9 Å². The van der Waals surface area contributed by atoms with Crippen LogP contribution in [-0.4, -0.2) is 24.7 Å². The van der Waals surface area contributed by atoms with Gasteiger partial charge in [0.2, 0.25) is 0 Å². The lowest BCUT2D eigenvalue weighted by Gasteiger charge is -2.11. The van der Waals surface area contributed by atoms with Gasteiger partial charge in [-0.1, -0.05) is 18.2 Å². The topological polar surface area (TPSA) is 73.3 Å². The third-order valence-electron chi connectivity index (χ3n) is 5.66. The summed E-state index contributed by atoms with van der Waals surface area (Å²) in [4.78, 5) is 25.3. The van der Waals surface area contributed by atoms with Crippen LogP contribution in [0.4, 0.5) is 5.69 Å². The van der Waals surface area contributed by atoms with E-state index in [1.165, 1.54) is 9.08 Å². The highest BCUT2D eigenvalue weighted by atomic mass is 16.2. The van der Waals surface area contributed by atoms with Crippen molar-refractivity contribution in [3.8, 4) is 5.69 Å². The number of fused-ring (bicyclic) bond motifs is 1. The molecule has 164 valence electrons. The Labute approximate surface area is 190 Å². The Balaban J connectivity index is 1.32. The van der Waals surface area contributed by atoms with Crippen molar-refractivity contribution in [3.05, 3.63) is 118 Å². The number of carbonyl (C=O) groups excluding carboxylic acids is 1. The highest BCUT2D eigenvalue weighted by Crippen LogP contribution is 2.18. The zero-order valence-corrected chi connectivity index (χ0v) is 18.4. The third kappa shape index (κ3) is 3.96. The largest absolute Gasteiger partial charge is 0.350 e. The summed E-state index contributed by atoms with van der Waals surface area (Å²) in [6.45, 7) is 4.43. The van der Waals surface area contributed by atoms with E-state index in [1.54, 1.807) is 18.3 Å². The number of carbonyl (C=O) groups is 1. The van der Waals surface area contributed by atoms with E-state index < -0.39 is 0 Å². The van der Waals surface area contributed by atoms with E-state index >= 15 is 0 Å². The molecule has 0 saturated carbocycles. The van der Waals surface area contributed by atoms with Crippen LogP contribution in [-0.2, 0) is 6.54 Å². The van der Waals surface area contributed by atoms with Gasteiger partial charge in [-0.15, -0.1) is 5.10 Å². The molecule has 0 atom stereocenters. The number of amides is 1. The number of aromatic nitrogens is 4. The van der Waals surface area contributed by atoms with Gasteiger partial charge in [0.25, 0.3) is 5.91 Å². The van der Waals surface area contributed by atoms with Gasteiger partial charge in [0.05, 0.1) is 6.54 Å². The highest BCUT2D eigenvalue weighted by molar-refractivity contribution is 6.04. The smallest absolute Gasteiger partial charge is 0.322 e. The molecule has 0 spiro atoms. The van der Waals surface area contributed by atoms with E-state index in [4.69, 9.17) is 0 Å². The van der Waals surface area contributed by atoms with Crippen LogP contribution < -0.4 is 11.0 Å². The van der Waals surface area contributed by atoms with Crippen LogP contribution >= 0.6 is 0 Å². The average molecular weight is 438 g/mol. The maximum absolute atomic E-state index is 12.8. The maximum atomic E-state index is 12.8. The molecule has 0 bridgehead atoms. The normalized spacial score (nSPS) is 11.1. The molecule has 0 aliphatic carbocycles. The fourth-order valence-electron chi connectivity index (χ4n) is 4.03. The van der Waals surface area contributed by atoms with Crippen LogP contribution in [0.1, 0.15) is 27.3 Å². The quantitative estimate of drug-likeness (QED) is 0.448. The summed E-state index contributed by atoms with van der Waals surface area (Å²) >= 11 is 0. The number of rotatable bonds is 5. The first-order chi connectivity index (χ1) is 16.0. The molecule has 0 radical (unpaired) electrons. The number of hydrogen-bond donors (Lipinski definition) is 1. The van der Waals surface area contributed by atoms with Crippen molar-refractivity contribution in [2.45, 2.75) is 20.4 Å². The Kier molecular flexibility index (Phi) is 5.14. The van der Waals surface area contributed by atoms with E-state index in [-0.39, 0.29) is 11.6 Å². The fraction of sp³-hybridized carbons (Fsp3) is 0.115. The first-order valence-corrected chi connectivity index (χ1v) is 10.7. The molecule has 1 amide bonds. The maximum Gasteiger partial charge on any atom is 0.350 e. The number of hydrogen-bond acceptors (Lipinski definition) is 3. The second-order valence-electron chi connectivity index (χ2n) is 8.02. The van der Waals surface area contributed by atoms with E-state index in [1.807, 2.05) is 54.6 Å². The van der Waals surface area contributed by atoms with Crippen molar-refractivity contribution in [2.75, 3.05) is 5.32 Å². The third-order valence-corrected chi connectivity index (χ3v) is 5.66. The summed E-state index contributed by atoms with van der Waals surface area (Å²) in [6.07, 6.45) is 1.70. The van der Waals surface area contributed by atoms with Gasteiger partial charge < -0.3 is 9.88 Å². The molecule has 0 aliphatic heterocycles. The summed E-state index contributed by atoms with van der Waals surface area (Å²) in [5.41, 5.74) is 5.81. The predicted molar refractivity (Wildman–Crippen MR) is 128 cm³/mol. The van der Waals surface area contributed by atoms with Gasteiger partial charge in [0.1, 0.15) is 0 Å². The summed E-state index contributed by atoms with van der Waals surface area (Å²) in [5.74, 6) is -0.190. The molecule has 7 nitrogen and oxygen atoms in total. The Morgan fingerprint density at radius 1 is 0.909 bits per heavy atom. The van der Waals surface area contributed by atoms with Gasteiger partial charge in [0.15, 0.2) is 5.65 Å². The number of nitrogens with one attached hydrogen (secondary N) is 1. The number of nitrogens with zero attached hydrogens (tertiary/aromatic N) is 4. The summed E-state index contributed by atoms with van der Waals surface area (Å²) < 4.78 is 5.07. The second-order valence-corrected chi connectivity index (χ2v) is 8.02. The summed E-state index contributed by atoms with van der Waals surface area (Å²) in [6, 6.07) is 24.6. The summed E-state index contributed by atoms with van der Waals surface area (Å²) in [7, 11) is 0. The predicted octanol–water partition coefficient (Wildman–Crippen LogP) is 4.20. The minimum Gasteiger partial charge on any atom is -0.322 e. The Hall–Kier alpha value is -4.39. The van der Waals surface area contributed by atoms with Crippen LogP contribution in [0, 0.1) is 13.8 Å². The Morgan fingerprint density at radius 2 is 1.67 bits per heavy atom. The lowest BCUT2D eigenvalue weighted by molar-refractivity contribution is 0.102. The van der Waals surface area contributed by atoms with E-state index in [0.717, 1.165) is 22.6 Å². The monoisotopic (exact) mass is 437 g/mol. The number of benzene rings is 2. The summed E-state index contributed by atoms with van der Waals surface area (Å²) in [5, 5.41) is 7.31. The zero-order valence-electron chi connectivity index (χ0n) is 18.4. The molecular formula is C26H23N5O2. The zero-order chi connectivity index (χ0) is 22.9. The van der Waals surface area contributed by atoms with Crippen LogP contribution in [0.25, 0.3) is 11.3 Å². The van der Waals surface area contributed by atoms with Gasteiger partial charge in [-0.2, -0.15) is 0 Å². The van der Waals surface area contributed by atoms with Crippen LogP contribution in [0.2, 0.25) is 0 Å². The Morgan fingerprint density at radius 3 is 2.39 bits per heavy atom. The molecule has 5 aromatic rings. The number of anilines is 1. The van der Waals surface area contributed by atoms with Gasteiger partial charge >= 0.3 is 5.69 Å². The van der Waals surface area contributed by atoms with E-state index in [9.17, 15) is 9.59 Å². The molecule has 3 aromatic heterocycles. The standard InChI is InChI=1S/C26H23N5O2/c1-18-9-10-19(2)31(18)23-13-11-21(12-14-23)25(32)27-22-7-5-6-20(16-22)17-30-26(33)29-15-4-3-8-24(29)28-30/h3-16H,17H2,1-2H3,(H,27,32). The van der Waals surface area contributed by atoms with Gasteiger partial charge in [-0.25, -0.2) is 9.48 Å².